The third kappa shape index (κ3) is 3.08. The molecule has 0 aliphatic carbocycles. The maximum absolute atomic E-state index is 14.0. The Balaban J connectivity index is 1.43. The van der Waals surface area contributed by atoms with Crippen LogP contribution in [0.25, 0.3) is 6.08 Å². The van der Waals surface area contributed by atoms with E-state index < -0.39 is 5.82 Å². The van der Waals surface area contributed by atoms with Crippen molar-refractivity contribution in [3.8, 4) is 11.5 Å². The molecule has 3 aliphatic heterocycles. The van der Waals surface area contributed by atoms with Crippen molar-refractivity contribution < 1.29 is 23.4 Å². The second-order valence-corrected chi connectivity index (χ2v) is 7.30. The van der Waals surface area contributed by atoms with E-state index in [9.17, 15) is 9.18 Å². The molecule has 1 unspecified atom stereocenters. The zero-order valence-electron chi connectivity index (χ0n) is 15.3. The Morgan fingerprint density at radius 1 is 1.21 bits per heavy atom. The Morgan fingerprint density at radius 3 is 2.93 bits per heavy atom. The topological polar surface area (TPSA) is 48.0 Å². The molecule has 3 heterocycles. The molecular formula is C22H20FNO4. The normalized spacial score (nSPS) is 22.7. The van der Waals surface area contributed by atoms with E-state index in [1.807, 2.05) is 6.07 Å². The van der Waals surface area contributed by atoms with E-state index in [0.717, 1.165) is 37.3 Å². The Labute approximate surface area is 162 Å². The molecule has 0 bridgehead atoms. The molecule has 1 atom stereocenters. The first-order valence-electron chi connectivity index (χ1n) is 9.50. The molecule has 5 rings (SSSR count). The maximum Gasteiger partial charge on any atom is 0.231 e. The monoisotopic (exact) mass is 381 g/mol. The lowest BCUT2D eigenvalue weighted by molar-refractivity contribution is 0.0274. The standard InChI is InChI=1S/C22H20FNO4/c23-18-6-2-1-4-14(18)10-20-21(25)16-7-8-19-17(22(16)28-20)12-24(13-27-19)11-15-5-3-9-26-15/h1-2,4,6-8,10,15H,3,5,9,11-13H2/b20-10-. The van der Waals surface area contributed by atoms with Gasteiger partial charge in [0.25, 0.3) is 0 Å². The lowest BCUT2D eigenvalue weighted by Crippen LogP contribution is -2.37. The maximum atomic E-state index is 14.0. The van der Waals surface area contributed by atoms with E-state index in [-0.39, 0.29) is 17.6 Å². The number of nitrogens with zero attached hydrogens (tertiary/aromatic N) is 1. The van der Waals surface area contributed by atoms with E-state index in [1.165, 1.54) is 12.1 Å². The first kappa shape index (κ1) is 17.4. The molecule has 0 N–H and O–H groups in total. The summed E-state index contributed by atoms with van der Waals surface area (Å²) >= 11 is 0. The number of carbonyl (C=O) groups excluding carboxylic acids is 1. The molecule has 144 valence electrons. The zero-order valence-corrected chi connectivity index (χ0v) is 15.3. The lowest BCUT2D eigenvalue weighted by atomic mass is 10.0. The number of hydrogen-bond acceptors (Lipinski definition) is 5. The summed E-state index contributed by atoms with van der Waals surface area (Å²) in [7, 11) is 0. The van der Waals surface area contributed by atoms with Crippen LogP contribution in [0.5, 0.6) is 11.5 Å². The second kappa shape index (κ2) is 7.04. The van der Waals surface area contributed by atoms with Crippen molar-refractivity contribution in [2.45, 2.75) is 25.5 Å². The highest BCUT2D eigenvalue weighted by atomic mass is 19.1. The highest BCUT2D eigenvalue weighted by molar-refractivity contribution is 6.15. The van der Waals surface area contributed by atoms with Gasteiger partial charge in [0.1, 0.15) is 24.0 Å². The van der Waals surface area contributed by atoms with Crippen molar-refractivity contribution in [1.82, 2.24) is 4.90 Å². The van der Waals surface area contributed by atoms with Crippen LogP contribution in [0.15, 0.2) is 42.2 Å². The number of carbonyl (C=O) groups is 1. The van der Waals surface area contributed by atoms with Gasteiger partial charge in [-0.3, -0.25) is 9.69 Å². The molecule has 5 nitrogen and oxygen atoms in total. The van der Waals surface area contributed by atoms with E-state index >= 15 is 0 Å². The number of allylic oxidation sites excluding steroid dienone is 1. The molecule has 0 saturated carbocycles. The molecule has 0 spiro atoms. The molecule has 0 radical (unpaired) electrons. The third-order valence-corrected chi connectivity index (χ3v) is 5.36. The van der Waals surface area contributed by atoms with Gasteiger partial charge >= 0.3 is 0 Å². The Bertz CT molecular complexity index is 965. The quantitative estimate of drug-likeness (QED) is 0.758. The van der Waals surface area contributed by atoms with Gasteiger partial charge in [0.15, 0.2) is 5.76 Å². The number of hydrogen-bond donors (Lipinski definition) is 0. The van der Waals surface area contributed by atoms with Gasteiger partial charge in [0, 0.05) is 25.3 Å². The Morgan fingerprint density at radius 2 is 2.11 bits per heavy atom. The summed E-state index contributed by atoms with van der Waals surface area (Å²) in [5.41, 5.74) is 1.67. The SMILES string of the molecule is O=C1/C(=C/c2ccccc2F)Oc2c1ccc1c2CN(CC2CCCO2)CO1. The van der Waals surface area contributed by atoms with Gasteiger partial charge in [-0.25, -0.2) is 4.39 Å². The summed E-state index contributed by atoms with van der Waals surface area (Å²) in [4.78, 5) is 14.9. The summed E-state index contributed by atoms with van der Waals surface area (Å²) in [6.07, 6.45) is 3.83. The Hall–Kier alpha value is -2.70. The minimum atomic E-state index is -0.393. The minimum absolute atomic E-state index is 0.129. The third-order valence-electron chi connectivity index (χ3n) is 5.36. The molecule has 1 saturated heterocycles. The van der Waals surface area contributed by atoms with Gasteiger partial charge in [-0.15, -0.1) is 0 Å². The van der Waals surface area contributed by atoms with Crippen molar-refractivity contribution in [3.05, 3.63) is 64.7 Å². The average Bonchev–Trinajstić information content (AvgIpc) is 3.32. The predicted molar refractivity (Wildman–Crippen MR) is 101 cm³/mol. The molecule has 1 fully saturated rings. The van der Waals surface area contributed by atoms with E-state index in [4.69, 9.17) is 14.2 Å². The number of fused-ring (bicyclic) bond motifs is 3. The van der Waals surface area contributed by atoms with Crippen LogP contribution in [0.3, 0.4) is 0 Å². The fourth-order valence-electron chi connectivity index (χ4n) is 3.93. The predicted octanol–water partition coefficient (Wildman–Crippen LogP) is 3.77. The van der Waals surface area contributed by atoms with Crippen LogP contribution in [0, 0.1) is 5.82 Å². The van der Waals surface area contributed by atoms with Gasteiger partial charge in [0.05, 0.1) is 17.2 Å². The Kier molecular flexibility index (Phi) is 4.37. The fraction of sp³-hybridized carbons (Fsp3) is 0.318. The van der Waals surface area contributed by atoms with Gasteiger partial charge in [0.2, 0.25) is 5.78 Å². The molecule has 28 heavy (non-hydrogen) atoms. The molecule has 2 aromatic rings. The van der Waals surface area contributed by atoms with E-state index in [2.05, 4.69) is 4.90 Å². The number of ether oxygens (including phenoxy) is 3. The van der Waals surface area contributed by atoms with Crippen LogP contribution in [0.1, 0.15) is 34.3 Å². The average molecular weight is 381 g/mol. The summed E-state index contributed by atoms with van der Waals surface area (Å²) in [5, 5.41) is 0. The van der Waals surface area contributed by atoms with Gasteiger partial charge < -0.3 is 14.2 Å². The summed E-state index contributed by atoms with van der Waals surface area (Å²) in [6, 6.07) is 9.83. The summed E-state index contributed by atoms with van der Waals surface area (Å²) < 4.78 is 31.5. The summed E-state index contributed by atoms with van der Waals surface area (Å²) in [5.74, 6) is 0.738. The van der Waals surface area contributed by atoms with Crippen molar-refractivity contribution >= 4 is 11.9 Å². The number of Topliss-reactive ketones (excluding diaryl/α,β-unsaturated/α-hetero) is 1. The van der Waals surface area contributed by atoms with Gasteiger partial charge in [-0.1, -0.05) is 18.2 Å². The zero-order chi connectivity index (χ0) is 19.1. The molecular weight excluding hydrogens is 361 g/mol. The number of benzene rings is 2. The number of rotatable bonds is 3. The first-order chi connectivity index (χ1) is 13.7. The van der Waals surface area contributed by atoms with Crippen LogP contribution >= 0.6 is 0 Å². The van der Waals surface area contributed by atoms with Crippen molar-refractivity contribution in [2.24, 2.45) is 0 Å². The molecule has 0 aromatic heterocycles. The smallest absolute Gasteiger partial charge is 0.231 e. The largest absolute Gasteiger partial charge is 0.478 e. The number of ketones is 1. The highest BCUT2D eigenvalue weighted by Crippen LogP contribution is 2.42. The van der Waals surface area contributed by atoms with Crippen LogP contribution < -0.4 is 9.47 Å². The van der Waals surface area contributed by atoms with Crippen molar-refractivity contribution in [1.29, 1.82) is 0 Å². The minimum Gasteiger partial charge on any atom is -0.478 e. The first-order valence-corrected chi connectivity index (χ1v) is 9.50. The summed E-state index contributed by atoms with van der Waals surface area (Å²) in [6.45, 7) is 2.71. The van der Waals surface area contributed by atoms with Crippen LogP contribution in [0.2, 0.25) is 0 Å². The lowest BCUT2D eigenvalue weighted by Gasteiger charge is -2.31. The van der Waals surface area contributed by atoms with Crippen LogP contribution in [0.4, 0.5) is 4.39 Å². The number of halogens is 1. The van der Waals surface area contributed by atoms with Crippen LogP contribution in [-0.2, 0) is 11.3 Å². The van der Waals surface area contributed by atoms with E-state index in [0.29, 0.717) is 30.2 Å². The molecule has 0 amide bonds. The van der Waals surface area contributed by atoms with Crippen molar-refractivity contribution in [3.63, 3.8) is 0 Å². The van der Waals surface area contributed by atoms with Gasteiger partial charge in [-0.2, -0.15) is 0 Å². The molecule has 6 heteroatoms. The van der Waals surface area contributed by atoms with E-state index in [1.54, 1.807) is 24.3 Å². The van der Waals surface area contributed by atoms with Gasteiger partial charge in [-0.05, 0) is 37.1 Å². The van der Waals surface area contributed by atoms with Crippen molar-refractivity contribution in [2.75, 3.05) is 19.9 Å². The van der Waals surface area contributed by atoms with Crippen LogP contribution in [-0.4, -0.2) is 36.7 Å². The fourth-order valence-corrected chi connectivity index (χ4v) is 3.93. The highest BCUT2D eigenvalue weighted by Gasteiger charge is 2.34. The second-order valence-electron chi connectivity index (χ2n) is 7.30. The molecule has 3 aliphatic rings. The molecule has 2 aromatic carbocycles.